The van der Waals surface area contributed by atoms with Gasteiger partial charge >= 0.3 is 6.18 Å². The Morgan fingerprint density at radius 3 is 2.11 bits per heavy atom. The highest BCUT2D eigenvalue weighted by atomic mass is 35.5. The molecule has 2 aromatic carbocycles. The number of nitro benzene ring substituents is 1. The number of hydrogen-bond donors (Lipinski definition) is 1. The molecule has 2 rings (SSSR count). The summed E-state index contributed by atoms with van der Waals surface area (Å²) in [6.45, 7) is 0. The van der Waals surface area contributed by atoms with Crippen molar-refractivity contribution in [1.29, 1.82) is 0 Å². The zero-order valence-electron chi connectivity index (χ0n) is 12.5. The van der Waals surface area contributed by atoms with Gasteiger partial charge in [-0.3, -0.25) is 15.5 Å². The number of hydrogen-bond acceptors (Lipinski definition) is 4. The first kappa shape index (κ1) is 20.4. The summed E-state index contributed by atoms with van der Waals surface area (Å²) in [5, 5.41) is 13.7. The third-order valence-electron chi connectivity index (χ3n) is 3.10. The van der Waals surface area contributed by atoms with Gasteiger partial charge in [-0.1, -0.05) is 17.7 Å². The number of alkyl halides is 3. The minimum absolute atomic E-state index is 0.00716. The van der Waals surface area contributed by atoms with E-state index in [1.165, 1.54) is 11.5 Å². The first-order valence-electron chi connectivity index (χ1n) is 6.61. The largest absolute Gasteiger partial charge is 0.422 e. The van der Waals surface area contributed by atoms with Crippen LogP contribution in [0.4, 0.5) is 42.1 Å². The molecule has 5 nitrogen and oxygen atoms in total. The lowest BCUT2D eigenvalue weighted by Crippen LogP contribution is -2.16. The van der Waals surface area contributed by atoms with Crippen molar-refractivity contribution in [1.82, 2.24) is 0 Å². The number of nitrogens with zero attached hydrogens (tertiary/aromatic N) is 2. The Morgan fingerprint density at radius 2 is 1.63 bits per heavy atom. The standard InChI is InChI=1S/C14H5ClF7N3O2/c15-6-2-1-5(3-7(6)25(26)27)4-23-24-13-11(18)9(16)8(14(20,21)22)10(17)12(13)19/h1-4,24H/b23-4-. The van der Waals surface area contributed by atoms with Crippen LogP contribution >= 0.6 is 11.6 Å². The predicted molar refractivity (Wildman–Crippen MR) is 80.6 cm³/mol. The van der Waals surface area contributed by atoms with Crippen LogP contribution in [0.15, 0.2) is 23.3 Å². The average molecular weight is 416 g/mol. The molecule has 0 fully saturated rings. The summed E-state index contributed by atoms with van der Waals surface area (Å²) in [7, 11) is 0. The van der Waals surface area contributed by atoms with Crippen LogP contribution in [0.25, 0.3) is 0 Å². The molecule has 0 saturated carbocycles. The first-order chi connectivity index (χ1) is 12.4. The predicted octanol–water partition coefficient (Wildman–Crippen LogP) is 5.27. The number of rotatable bonds is 4. The summed E-state index contributed by atoms with van der Waals surface area (Å²) in [4.78, 5) is 9.91. The quantitative estimate of drug-likeness (QED) is 0.243. The molecule has 27 heavy (non-hydrogen) atoms. The molecule has 144 valence electrons. The molecule has 0 spiro atoms. The molecule has 0 heterocycles. The minimum atomic E-state index is -5.67. The van der Waals surface area contributed by atoms with Gasteiger partial charge in [-0.2, -0.15) is 18.3 Å². The van der Waals surface area contributed by atoms with Gasteiger partial charge in [0.05, 0.1) is 11.1 Å². The summed E-state index contributed by atoms with van der Waals surface area (Å²) >= 11 is 5.57. The zero-order chi connectivity index (χ0) is 20.5. The Balaban J connectivity index is 2.38. The Morgan fingerprint density at radius 1 is 1.07 bits per heavy atom. The summed E-state index contributed by atoms with van der Waals surface area (Å²) < 4.78 is 91.7. The lowest BCUT2D eigenvalue weighted by Gasteiger charge is -2.13. The number of halogens is 8. The first-order valence-corrected chi connectivity index (χ1v) is 6.99. The maximum Gasteiger partial charge on any atom is 0.422 e. The van der Waals surface area contributed by atoms with Crippen LogP contribution in [-0.4, -0.2) is 11.1 Å². The number of benzene rings is 2. The van der Waals surface area contributed by atoms with Gasteiger partial charge in [-0.15, -0.1) is 0 Å². The van der Waals surface area contributed by atoms with E-state index in [1.54, 1.807) is 0 Å². The minimum Gasteiger partial charge on any atom is -0.272 e. The SMILES string of the molecule is O=[N+]([O-])c1cc(/C=N\Nc2c(F)c(F)c(C(F)(F)F)c(F)c2F)ccc1Cl. The Kier molecular flexibility index (Phi) is 5.59. The van der Waals surface area contributed by atoms with Crippen molar-refractivity contribution >= 4 is 29.2 Å². The topological polar surface area (TPSA) is 67.5 Å². The third kappa shape index (κ3) is 4.10. The van der Waals surface area contributed by atoms with E-state index in [0.29, 0.717) is 0 Å². The highest BCUT2D eigenvalue weighted by molar-refractivity contribution is 6.32. The van der Waals surface area contributed by atoms with Crippen molar-refractivity contribution in [2.24, 2.45) is 5.10 Å². The van der Waals surface area contributed by atoms with E-state index in [2.05, 4.69) is 5.10 Å². The van der Waals surface area contributed by atoms with Crippen molar-refractivity contribution in [3.05, 3.63) is 67.7 Å². The van der Waals surface area contributed by atoms with E-state index < -0.39 is 51.3 Å². The molecule has 2 aromatic rings. The van der Waals surface area contributed by atoms with Gasteiger partial charge < -0.3 is 0 Å². The highest BCUT2D eigenvalue weighted by Crippen LogP contribution is 2.38. The van der Waals surface area contributed by atoms with Crippen LogP contribution < -0.4 is 5.43 Å². The highest BCUT2D eigenvalue weighted by Gasteiger charge is 2.42. The molecular formula is C14H5ClF7N3O2. The van der Waals surface area contributed by atoms with Crippen LogP contribution in [-0.2, 0) is 6.18 Å². The van der Waals surface area contributed by atoms with E-state index in [-0.39, 0.29) is 10.6 Å². The van der Waals surface area contributed by atoms with Crippen molar-refractivity contribution in [3.63, 3.8) is 0 Å². The van der Waals surface area contributed by atoms with E-state index in [4.69, 9.17) is 11.6 Å². The van der Waals surface area contributed by atoms with E-state index >= 15 is 0 Å². The molecular weight excluding hydrogens is 411 g/mol. The van der Waals surface area contributed by atoms with Gasteiger partial charge in [-0.25, -0.2) is 17.6 Å². The van der Waals surface area contributed by atoms with Gasteiger partial charge in [0.1, 0.15) is 16.3 Å². The normalized spacial score (nSPS) is 11.9. The maximum absolute atomic E-state index is 13.7. The van der Waals surface area contributed by atoms with Crippen molar-refractivity contribution in [2.75, 3.05) is 5.43 Å². The third-order valence-corrected chi connectivity index (χ3v) is 3.42. The van der Waals surface area contributed by atoms with Crippen molar-refractivity contribution in [2.45, 2.75) is 6.18 Å². The molecule has 13 heteroatoms. The van der Waals surface area contributed by atoms with Gasteiger partial charge in [0.15, 0.2) is 23.3 Å². The zero-order valence-corrected chi connectivity index (χ0v) is 13.3. The van der Waals surface area contributed by atoms with Gasteiger partial charge in [0.2, 0.25) is 0 Å². The fourth-order valence-electron chi connectivity index (χ4n) is 1.90. The van der Waals surface area contributed by atoms with E-state index in [0.717, 1.165) is 18.3 Å². The Hall–Kier alpha value is -2.89. The second-order valence-electron chi connectivity index (χ2n) is 4.84. The van der Waals surface area contributed by atoms with Crippen LogP contribution in [0.3, 0.4) is 0 Å². The number of nitro groups is 1. The number of anilines is 1. The molecule has 0 aliphatic rings. The maximum atomic E-state index is 13.7. The second-order valence-corrected chi connectivity index (χ2v) is 5.25. The summed E-state index contributed by atoms with van der Waals surface area (Å²) in [5.41, 5.74) is -3.34. The lowest BCUT2D eigenvalue weighted by atomic mass is 10.1. The molecule has 0 aromatic heterocycles. The van der Waals surface area contributed by atoms with Crippen LogP contribution in [0.2, 0.25) is 5.02 Å². The fourth-order valence-corrected chi connectivity index (χ4v) is 2.09. The molecule has 0 atom stereocenters. The van der Waals surface area contributed by atoms with Gasteiger partial charge in [0.25, 0.3) is 5.69 Å². The molecule has 0 aliphatic carbocycles. The smallest absolute Gasteiger partial charge is 0.272 e. The summed E-state index contributed by atoms with van der Waals surface area (Å²) in [6, 6.07) is 3.25. The van der Waals surface area contributed by atoms with Crippen molar-refractivity contribution in [3.8, 4) is 0 Å². The van der Waals surface area contributed by atoms with Gasteiger partial charge in [0, 0.05) is 11.6 Å². The van der Waals surface area contributed by atoms with E-state index in [1.807, 2.05) is 0 Å². The average Bonchev–Trinajstić information content (AvgIpc) is 2.56. The van der Waals surface area contributed by atoms with Gasteiger partial charge in [-0.05, 0) is 6.07 Å². The van der Waals surface area contributed by atoms with Crippen molar-refractivity contribution < 1.29 is 35.7 Å². The second kappa shape index (κ2) is 7.39. The molecule has 0 radical (unpaired) electrons. The monoisotopic (exact) mass is 415 g/mol. The fraction of sp³-hybridized carbons (Fsp3) is 0.0714. The molecule has 0 amide bonds. The number of nitrogens with one attached hydrogen (secondary N) is 1. The summed E-state index contributed by atoms with van der Waals surface area (Å²) in [5.74, 6) is -10.00. The molecule has 1 N–H and O–H groups in total. The lowest BCUT2D eigenvalue weighted by molar-refractivity contribution is -0.384. The molecule has 0 unspecified atom stereocenters. The molecule has 0 aliphatic heterocycles. The van der Waals surface area contributed by atoms with Crippen LogP contribution in [0, 0.1) is 33.4 Å². The summed E-state index contributed by atoms with van der Waals surface area (Å²) in [6.07, 6.45) is -4.91. The van der Waals surface area contributed by atoms with Crippen LogP contribution in [0.1, 0.15) is 11.1 Å². The molecule has 0 bridgehead atoms. The van der Waals surface area contributed by atoms with E-state index in [9.17, 15) is 40.8 Å². The molecule has 0 saturated heterocycles. The Bertz CT molecular complexity index is 918. The Labute approximate surface area is 150 Å². The number of hydrazone groups is 1. The van der Waals surface area contributed by atoms with Crippen LogP contribution in [0.5, 0.6) is 0 Å².